The lowest BCUT2D eigenvalue weighted by atomic mass is 9.94. The molecular weight excluding hydrogens is 223 g/mol. The highest BCUT2D eigenvalue weighted by atomic mass is 19.4. The molecule has 0 spiro atoms. The number of alkyl halides is 3. The third-order valence-electron chi connectivity index (χ3n) is 2.54. The molecule has 2 N–H and O–H groups in total. The Kier molecular flexibility index (Phi) is 3.90. The molecule has 0 radical (unpaired) electrons. The Morgan fingerprint density at radius 3 is 2.25 bits per heavy atom. The molecule has 0 bridgehead atoms. The number of rotatable bonds is 4. The SMILES string of the molecule is CCC(CC)C(N)c1noc(C(F)(F)F)n1. The van der Waals surface area contributed by atoms with E-state index in [0.717, 1.165) is 12.8 Å². The second-order valence-corrected chi connectivity index (χ2v) is 3.56. The van der Waals surface area contributed by atoms with Crippen LogP contribution >= 0.6 is 0 Å². The molecule has 0 saturated heterocycles. The summed E-state index contributed by atoms with van der Waals surface area (Å²) in [6.07, 6.45) is -3.10. The van der Waals surface area contributed by atoms with Crippen LogP contribution in [0.5, 0.6) is 0 Å². The summed E-state index contributed by atoms with van der Waals surface area (Å²) in [7, 11) is 0. The molecule has 1 unspecified atom stereocenters. The van der Waals surface area contributed by atoms with Crippen LogP contribution < -0.4 is 5.73 Å². The van der Waals surface area contributed by atoms with Gasteiger partial charge in [-0.25, -0.2) is 0 Å². The van der Waals surface area contributed by atoms with Crippen molar-refractivity contribution in [1.82, 2.24) is 10.1 Å². The Bertz CT molecular complexity index is 333. The molecule has 0 aliphatic carbocycles. The molecule has 0 aliphatic heterocycles. The zero-order valence-electron chi connectivity index (χ0n) is 9.08. The Hall–Kier alpha value is -1.11. The third kappa shape index (κ3) is 2.72. The maximum absolute atomic E-state index is 12.2. The van der Waals surface area contributed by atoms with Gasteiger partial charge in [0.1, 0.15) is 0 Å². The molecular formula is C9H14F3N3O. The van der Waals surface area contributed by atoms with Gasteiger partial charge in [0, 0.05) is 0 Å². The van der Waals surface area contributed by atoms with Gasteiger partial charge in [-0.15, -0.1) is 0 Å². The monoisotopic (exact) mass is 237 g/mol. The molecule has 1 atom stereocenters. The van der Waals surface area contributed by atoms with Gasteiger partial charge in [0.05, 0.1) is 6.04 Å². The van der Waals surface area contributed by atoms with E-state index in [1.807, 2.05) is 13.8 Å². The molecule has 16 heavy (non-hydrogen) atoms. The van der Waals surface area contributed by atoms with E-state index >= 15 is 0 Å². The van der Waals surface area contributed by atoms with Crippen LogP contribution in [0.3, 0.4) is 0 Å². The Labute approximate surface area is 91.0 Å². The van der Waals surface area contributed by atoms with Crippen molar-refractivity contribution >= 4 is 0 Å². The number of hydrogen-bond donors (Lipinski definition) is 1. The lowest BCUT2D eigenvalue weighted by molar-refractivity contribution is -0.159. The fraction of sp³-hybridized carbons (Fsp3) is 0.778. The van der Waals surface area contributed by atoms with Crippen LogP contribution in [0.15, 0.2) is 4.52 Å². The summed E-state index contributed by atoms with van der Waals surface area (Å²) < 4.78 is 40.7. The third-order valence-corrected chi connectivity index (χ3v) is 2.54. The van der Waals surface area contributed by atoms with Gasteiger partial charge in [-0.3, -0.25) is 0 Å². The highest BCUT2D eigenvalue weighted by Gasteiger charge is 2.39. The molecule has 0 amide bonds. The minimum Gasteiger partial charge on any atom is -0.329 e. The normalized spacial score (nSPS) is 14.4. The summed E-state index contributed by atoms with van der Waals surface area (Å²) in [6, 6.07) is -0.616. The predicted molar refractivity (Wildman–Crippen MR) is 50.3 cm³/mol. The standard InChI is InChI=1S/C9H14F3N3O/c1-3-5(4-2)6(13)7-14-8(16-15-7)9(10,11)12/h5-6H,3-4,13H2,1-2H3. The fourth-order valence-corrected chi connectivity index (χ4v) is 1.49. The van der Waals surface area contributed by atoms with Crippen molar-refractivity contribution < 1.29 is 17.7 Å². The smallest absolute Gasteiger partial charge is 0.329 e. The lowest BCUT2D eigenvalue weighted by Gasteiger charge is -2.17. The van der Waals surface area contributed by atoms with Crippen LogP contribution in [0.25, 0.3) is 0 Å². The van der Waals surface area contributed by atoms with Crippen molar-refractivity contribution in [2.45, 2.75) is 38.9 Å². The van der Waals surface area contributed by atoms with Crippen LogP contribution in [-0.4, -0.2) is 10.1 Å². The number of nitrogens with zero attached hydrogens (tertiary/aromatic N) is 2. The minimum atomic E-state index is -4.61. The van der Waals surface area contributed by atoms with Crippen LogP contribution in [0.2, 0.25) is 0 Å². The second-order valence-electron chi connectivity index (χ2n) is 3.56. The van der Waals surface area contributed by atoms with Crippen LogP contribution in [-0.2, 0) is 6.18 Å². The highest BCUT2D eigenvalue weighted by molar-refractivity contribution is 4.97. The highest BCUT2D eigenvalue weighted by Crippen LogP contribution is 2.29. The molecule has 92 valence electrons. The average Bonchev–Trinajstić information content (AvgIpc) is 2.67. The summed E-state index contributed by atoms with van der Waals surface area (Å²) in [6.45, 7) is 3.83. The van der Waals surface area contributed by atoms with E-state index < -0.39 is 18.1 Å². The molecule has 0 fully saturated rings. The molecule has 1 aromatic heterocycles. The zero-order valence-corrected chi connectivity index (χ0v) is 9.08. The topological polar surface area (TPSA) is 64.9 Å². The first-order valence-electron chi connectivity index (χ1n) is 5.06. The minimum absolute atomic E-state index is 0.0543. The first kappa shape index (κ1) is 13.0. The average molecular weight is 237 g/mol. The molecule has 4 nitrogen and oxygen atoms in total. The largest absolute Gasteiger partial charge is 0.471 e. The van der Waals surface area contributed by atoms with Crippen molar-refractivity contribution in [3.05, 3.63) is 11.7 Å². The van der Waals surface area contributed by atoms with Crippen molar-refractivity contribution in [1.29, 1.82) is 0 Å². The number of halogens is 3. The fourth-order valence-electron chi connectivity index (χ4n) is 1.49. The van der Waals surface area contributed by atoms with Gasteiger partial charge in [-0.05, 0) is 5.92 Å². The van der Waals surface area contributed by atoms with E-state index in [4.69, 9.17) is 5.73 Å². The number of aromatic nitrogens is 2. The van der Waals surface area contributed by atoms with E-state index in [0.29, 0.717) is 0 Å². The van der Waals surface area contributed by atoms with Crippen molar-refractivity contribution in [3.63, 3.8) is 0 Å². The van der Waals surface area contributed by atoms with Gasteiger partial charge in [0.2, 0.25) is 0 Å². The molecule has 1 aromatic rings. The summed E-state index contributed by atoms with van der Waals surface area (Å²) in [4.78, 5) is 3.27. The maximum atomic E-state index is 12.2. The van der Waals surface area contributed by atoms with Crippen molar-refractivity contribution in [3.8, 4) is 0 Å². The summed E-state index contributed by atoms with van der Waals surface area (Å²) in [5.41, 5.74) is 5.76. The Morgan fingerprint density at radius 2 is 1.88 bits per heavy atom. The predicted octanol–water partition coefficient (Wildman–Crippen LogP) is 2.52. The zero-order chi connectivity index (χ0) is 12.3. The van der Waals surface area contributed by atoms with Crippen LogP contribution in [0, 0.1) is 5.92 Å². The number of hydrogen-bond acceptors (Lipinski definition) is 4. The molecule has 0 saturated carbocycles. The Balaban J connectivity index is 2.85. The van der Waals surface area contributed by atoms with E-state index in [9.17, 15) is 13.2 Å². The lowest BCUT2D eigenvalue weighted by Crippen LogP contribution is -2.22. The van der Waals surface area contributed by atoms with E-state index in [1.54, 1.807) is 0 Å². The second kappa shape index (κ2) is 4.82. The molecule has 0 aliphatic rings. The maximum Gasteiger partial charge on any atom is 0.471 e. The number of nitrogens with two attached hydrogens (primary N) is 1. The molecule has 0 aromatic carbocycles. The van der Waals surface area contributed by atoms with Gasteiger partial charge < -0.3 is 10.3 Å². The quantitative estimate of drug-likeness (QED) is 0.873. The van der Waals surface area contributed by atoms with E-state index in [1.165, 1.54) is 0 Å². The summed E-state index contributed by atoms with van der Waals surface area (Å²) >= 11 is 0. The van der Waals surface area contributed by atoms with E-state index in [-0.39, 0.29) is 11.7 Å². The molecule has 7 heteroatoms. The van der Waals surface area contributed by atoms with Gasteiger partial charge in [0.25, 0.3) is 0 Å². The van der Waals surface area contributed by atoms with Gasteiger partial charge in [-0.2, -0.15) is 18.2 Å². The van der Waals surface area contributed by atoms with Gasteiger partial charge in [-0.1, -0.05) is 31.8 Å². The first-order valence-corrected chi connectivity index (χ1v) is 5.06. The first-order chi connectivity index (χ1) is 7.40. The summed E-state index contributed by atoms with van der Waals surface area (Å²) in [5.74, 6) is -1.37. The molecule has 1 heterocycles. The van der Waals surface area contributed by atoms with E-state index in [2.05, 4.69) is 14.7 Å². The van der Waals surface area contributed by atoms with Crippen LogP contribution in [0.1, 0.15) is 44.4 Å². The summed E-state index contributed by atoms with van der Waals surface area (Å²) in [5, 5.41) is 3.27. The molecule has 1 rings (SSSR count). The van der Waals surface area contributed by atoms with Crippen LogP contribution in [0.4, 0.5) is 13.2 Å². The van der Waals surface area contributed by atoms with Crippen molar-refractivity contribution in [2.24, 2.45) is 11.7 Å². The van der Waals surface area contributed by atoms with Gasteiger partial charge in [0.15, 0.2) is 5.82 Å². The Morgan fingerprint density at radius 1 is 1.31 bits per heavy atom. The van der Waals surface area contributed by atoms with Crippen molar-refractivity contribution in [2.75, 3.05) is 0 Å². The van der Waals surface area contributed by atoms with Gasteiger partial charge >= 0.3 is 12.1 Å².